The lowest BCUT2D eigenvalue weighted by atomic mass is 10.1. The normalized spacial score (nSPS) is 15.2. The Kier molecular flexibility index (Phi) is 4.80. The molecule has 0 saturated carbocycles. The molecule has 0 spiro atoms. The van der Waals surface area contributed by atoms with Gasteiger partial charge in [0.15, 0.2) is 6.17 Å². The van der Waals surface area contributed by atoms with Gasteiger partial charge in [-0.25, -0.2) is 9.98 Å². The average molecular weight is 389 g/mol. The van der Waals surface area contributed by atoms with Crippen molar-refractivity contribution in [2.75, 3.05) is 17.7 Å². The van der Waals surface area contributed by atoms with Gasteiger partial charge in [-0.3, -0.25) is 14.7 Å². The molecule has 0 fully saturated rings. The highest BCUT2D eigenvalue weighted by Gasteiger charge is 2.25. The van der Waals surface area contributed by atoms with Crippen molar-refractivity contribution in [1.29, 1.82) is 0 Å². The molecule has 2 aromatic carbocycles. The van der Waals surface area contributed by atoms with Gasteiger partial charge in [0.25, 0.3) is 5.56 Å². The molecule has 1 atom stereocenters. The first-order chi connectivity index (χ1) is 14.0. The molecule has 2 heterocycles. The lowest BCUT2D eigenvalue weighted by Crippen LogP contribution is -2.37. The van der Waals surface area contributed by atoms with E-state index in [4.69, 9.17) is 9.73 Å². The highest BCUT2D eigenvalue weighted by molar-refractivity contribution is 6.04. The molecular weight excluding hydrogens is 366 g/mol. The zero-order valence-electron chi connectivity index (χ0n) is 16.9. The van der Waals surface area contributed by atoms with E-state index in [1.165, 1.54) is 11.6 Å². The summed E-state index contributed by atoms with van der Waals surface area (Å²) in [5.41, 5.74) is 4.58. The predicted octanol–water partition coefficient (Wildman–Crippen LogP) is 3.62. The number of benzene rings is 2. The summed E-state index contributed by atoms with van der Waals surface area (Å²) in [4.78, 5) is 22.1. The van der Waals surface area contributed by atoms with Gasteiger partial charge in [-0.15, -0.1) is 0 Å². The monoisotopic (exact) mass is 389 g/mol. The van der Waals surface area contributed by atoms with Gasteiger partial charge >= 0.3 is 0 Å². The smallest absolute Gasteiger partial charge is 0.257 e. The lowest BCUT2D eigenvalue weighted by molar-refractivity contribution is 0.413. The van der Waals surface area contributed by atoms with E-state index in [0.717, 1.165) is 16.8 Å². The van der Waals surface area contributed by atoms with Crippen molar-refractivity contribution < 1.29 is 4.74 Å². The minimum Gasteiger partial charge on any atom is -0.497 e. The number of ether oxygens (including phenoxy) is 1. The zero-order valence-corrected chi connectivity index (χ0v) is 16.9. The standard InChI is InChI=1S/C22H23N5O2/c1-13-7-5-10-18(15(13)3)24-21-25-20(16-8-6-9-17(12-16)29-4)27-19(28)11-14(2)23-22(27)26-21/h5-12,20H,1-4H3,(H2,23,24,25,26). The minimum atomic E-state index is -0.561. The number of aromatic nitrogens is 2. The highest BCUT2D eigenvalue weighted by Crippen LogP contribution is 2.28. The van der Waals surface area contributed by atoms with Crippen LogP contribution in [0.4, 0.5) is 11.6 Å². The first-order valence-electron chi connectivity index (χ1n) is 9.38. The quantitative estimate of drug-likeness (QED) is 0.715. The third kappa shape index (κ3) is 3.59. The summed E-state index contributed by atoms with van der Waals surface area (Å²) in [7, 11) is 1.61. The molecule has 3 aromatic rings. The molecule has 2 N–H and O–H groups in total. The molecule has 0 amide bonds. The Hall–Kier alpha value is -3.61. The van der Waals surface area contributed by atoms with Crippen LogP contribution >= 0.6 is 0 Å². The van der Waals surface area contributed by atoms with Crippen LogP contribution in [0.5, 0.6) is 5.75 Å². The molecular formula is C22H23N5O2. The number of fused-ring (bicyclic) bond motifs is 1. The van der Waals surface area contributed by atoms with Gasteiger partial charge in [0.1, 0.15) is 5.75 Å². The van der Waals surface area contributed by atoms with Gasteiger partial charge < -0.3 is 10.1 Å². The van der Waals surface area contributed by atoms with Crippen LogP contribution in [-0.4, -0.2) is 22.6 Å². The molecule has 0 saturated heterocycles. The minimum absolute atomic E-state index is 0.164. The maximum atomic E-state index is 12.7. The second-order valence-electron chi connectivity index (χ2n) is 7.05. The van der Waals surface area contributed by atoms with Crippen molar-refractivity contribution in [2.24, 2.45) is 4.99 Å². The zero-order chi connectivity index (χ0) is 20.5. The van der Waals surface area contributed by atoms with E-state index in [0.29, 0.717) is 23.4 Å². The number of aryl methyl sites for hydroxylation is 2. The number of rotatable bonds is 3. The van der Waals surface area contributed by atoms with Crippen LogP contribution in [0.25, 0.3) is 0 Å². The number of hydrogen-bond acceptors (Lipinski definition) is 6. The molecule has 1 aliphatic heterocycles. The Labute approximate surface area is 169 Å². The van der Waals surface area contributed by atoms with Crippen LogP contribution in [0, 0.1) is 20.8 Å². The van der Waals surface area contributed by atoms with Crippen LogP contribution in [0.2, 0.25) is 0 Å². The summed E-state index contributed by atoms with van der Waals surface area (Å²) in [6.45, 7) is 5.92. The largest absolute Gasteiger partial charge is 0.497 e. The van der Waals surface area contributed by atoms with Crippen LogP contribution in [0.15, 0.2) is 58.3 Å². The average Bonchev–Trinajstić information content (AvgIpc) is 2.70. The number of anilines is 2. The number of guanidine groups is 1. The summed E-state index contributed by atoms with van der Waals surface area (Å²) in [6.07, 6.45) is -0.561. The van der Waals surface area contributed by atoms with E-state index < -0.39 is 6.17 Å². The first-order valence-corrected chi connectivity index (χ1v) is 9.38. The maximum absolute atomic E-state index is 12.7. The third-order valence-electron chi connectivity index (χ3n) is 5.06. The van der Waals surface area contributed by atoms with Crippen LogP contribution in [0.1, 0.15) is 28.6 Å². The Morgan fingerprint density at radius 1 is 1.10 bits per heavy atom. The molecule has 7 heteroatoms. The summed E-state index contributed by atoms with van der Waals surface area (Å²) in [5, 5.41) is 6.51. The van der Waals surface area contributed by atoms with Crippen LogP contribution < -0.4 is 20.9 Å². The van der Waals surface area contributed by atoms with E-state index in [1.54, 1.807) is 18.6 Å². The summed E-state index contributed by atoms with van der Waals surface area (Å²) in [6, 6.07) is 15.1. The summed E-state index contributed by atoms with van der Waals surface area (Å²) < 4.78 is 6.90. The number of nitrogens with zero attached hydrogens (tertiary/aromatic N) is 3. The Balaban J connectivity index is 1.82. The maximum Gasteiger partial charge on any atom is 0.257 e. The Morgan fingerprint density at radius 3 is 2.69 bits per heavy atom. The van der Waals surface area contributed by atoms with Gasteiger partial charge in [-0.1, -0.05) is 24.3 Å². The number of aliphatic imine (C=N–C) groups is 1. The van der Waals surface area contributed by atoms with Crippen molar-refractivity contribution in [3.8, 4) is 5.75 Å². The van der Waals surface area contributed by atoms with Gasteiger partial charge in [0.2, 0.25) is 11.9 Å². The molecule has 1 aliphatic rings. The molecule has 0 bridgehead atoms. The van der Waals surface area contributed by atoms with Gasteiger partial charge in [0.05, 0.1) is 7.11 Å². The number of hydrogen-bond donors (Lipinski definition) is 2. The lowest BCUT2D eigenvalue weighted by Gasteiger charge is -2.27. The highest BCUT2D eigenvalue weighted by atomic mass is 16.5. The van der Waals surface area contributed by atoms with E-state index in [-0.39, 0.29) is 5.56 Å². The Morgan fingerprint density at radius 2 is 1.90 bits per heavy atom. The number of methoxy groups -OCH3 is 1. The van der Waals surface area contributed by atoms with Gasteiger partial charge in [0, 0.05) is 23.0 Å². The van der Waals surface area contributed by atoms with Crippen molar-refractivity contribution in [3.63, 3.8) is 0 Å². The number of nitrogens with one attached hydrogen (secondary N) is 2. The molecule has 1 aromatic heterocycles. The molecule has 4 rings (SSSR count). The fourth-order valence-electron chi connectivity index (χ4n) is 3.35. The topological polar surface area (TPSA) is 80.5 Å². The van der Waals surface area contributed by atoms with Crippen molar-refractivity contribution in [3.05, 3.63) is 81.3 Å². The van der Waals surface area contributed by atoms with E-state index in [2.05, 4.69) is 35.5 Å². The molecule has 0 radical (unpaired) electrons. The van der Waals surface area contributed by atoms with Crippen LogP contribution in [0.3, 0.4) is 0 Å². The predicted molar refractivity (Wildman–Crippen MR) is 115 cm³/mol. The van der Waals surface area contributed by atoms with E-state index >= 15 is 0 Å². The summed E-state index contributed by atoms with van der Waals surface area (Å²) >= 11 is 0. The second kappa shape index (κ2) is 7.43. The first kappa shape index (κ1) is 18.7. The third-order valence-corrected chi connectivity index (χ3v) is 5.06. The molecule has 29 heavy (non-hydrogen) atoms. The molecule has 7 nitrogen and oxygen atoms in total. The van der Waals surface area contributed by atoms with E-state index in [9.17, 15) is 4.79 Å². The second-order valence-corrected chi connectivity index (χ2v) is 7.05. The summed E-state index contributed by atoms with van der Waals surface area (Å²) in [5.74, 6) is 1.68. The van der Waals surface area contributed by atoms with Crippen molar-refractivity contribution in [1.82, 2.24) is 9.55 Å². The van der Waals surface area contributed by atoms with Crippen molar-refractivity contribution in [2.45, 2.75) is 26.9 Å². The van der Waals surface area contributed by atoms with E-state index in [1.807, 2.05) is 36.4 Å². The van der Waals surface area contributed by atoms with Gasteiger partial charge in [-0.05, 0) is 50.1 Å². The van der Waals surface area contributed by atoms with Crippen molar-refractivity contribution >= 4 is 17.6 Å². The SMILES string of the molecule is COc1cccc(C2N=C(Nc3cccc(C)c3C)Nc3nc(C)cc(=O)n32)c1. The molecule has 0 aliphatic carbocycles. The Bertz CT molecular complexity index is 1170. The fraction of sp³-hybridized carbons (Fsp3) is 0.227. The molecule has 1 unspecified atom stereocenters. The molecule has 148 valence electrons. The van der Waals surface area contributed by atoms with Gasteiger partial charge in [-0.2, -0.15) is 0 Å². The van der Waals surface area contributed by atoms with Crippen LogP contribution in [-0.2, 0) is 0 Å². The fourth-order valence-corrected chi connectivity index (χ4v) is 3.35.